The number of nitrogens with zero attached hydrogens (tertiary/aromatic N) is 2. The number of phenolic OH excluding ortho intramolecular Hbond substituents is 1. The van der Waals surface area contributed by atoms with E-state index >= 15 is 0 Å². The number of piperidine rings is 1. The normalized spacial score (nSPS) is 20.2. The van der Waals surface area contributed by atoms with Crippen LogP contribution in [0.4, 0.5) is 0 Å². The fourth-order valence-electron chi connectivity index (χ4n) is 3.31. The van der Waals surface area contributed by atoms with Crippen LogP contribution in [0, 0.1) is 0 Å². The lowest BCUT2D eigenvalue weighted by molar-refractivity contribution is 0.127. The third kappa shape index (κ3) is 3.04. The molecule has 3 rings (SSSR count). The van der Waals surface area contributed by atoms with Crippen molar-refractivity contribution in [2.45, 2.75) is 25.4 Å². The van der Waals surface area contributed by atoms with Crippen molar-refractivity contribution in [3.63, 3.8) is 0 Å². The SMILES string of the molecule is CN(C)C1CCCN(Cc2c(O)ccc3ccccc23)C1. The van der Waals surface area contributed by atoms with Crippen LogP contribution in [0.3, 0.4) is 0 Å². The Labute approximate surface area is 126 Å². The second-order valence-electron chi connectivity index (χ2n) is 6.28. The maximum Gasteiger partial charge on any atom is 0.120 e. The zero-order valence-electron chi connectivity index (χ0n) is 12.9. The zero-order chi connectivity index (χ0) is 14.8. The minimum Gasteiger partial charge on any atom is -0.508 e. The van der Waals surface area contributed by atoms with Crippen LogP contribution in [0.25, 0.3) is 10.8 Å². The standard InChI is InChI=1S/C18H24N2O/c1-19(2)15-7-5-11-20(12-15)13-17-16-8-4-3-6-14(16)9-10-18(17)21/h3-4,6,8-10,15,21H,5,7,11-13H2,1-2H3. The highest BCUT2D eigenvalue weighted by Gasteiger charge is 2.22. The summed E-state index contributed by atoms with van der Waals surface area (Å²) in [6, 6.07) is 12.7. The molecule has 1 aliphatic rings. The first-order valence-electron chi connectivity index (χ1n) is 7.73. The molecule has 0 saturated carbocycles. The third-order valence-electron chi connectivity index (χ3n) is 4.61. The molecule has 0 spiro atoms. The summed E-state index contributed by atoms with van der Waals surface area (Å²) in [7, 11) is 4.31. The number of benzene rings is 2. The topological polar surface area (TPSA) is 26.7 Å². The molecule has 3 heteroatoms. The molecule has 21 heavy (non-hydrogen) atoms. The Balaban J connectivity index is 1.86. The van der Waals surface area contributed by atoms with Crippen molar-refractivity contribution >= 4 is 10.8 Å². The van der Waals surface area contributed by atoms with Gasteiger partial charge in [0.05, 0.1) is 0 Å². The van der Waals surface area contributed by atoms with Crippen molar-refractivity contribution < 1.29 is 5.11 Å². The molecule has 0 aromatic heterocycles. The zero-order valence-corrected chi connectivity index (χ0v) is 12.9. The summed E-state index contributed by atoms with van der Waals surface area (Å²) in [6.07, 6.45) is 2.50. The number of phenols is 1. The van der Waals surface area contributed by atoms with E-state index in [1.807, 2.05) is 24.3 Å². The lowest BCUT2D eigenvalue weighted by atomic mass is 10.0. The van der Waals surface area contributed by atoms with Crippen LogP contribution in [0.5, 0.6) is 5.75 Å². The molecular weight excluding hydrogens is 260 g/mol. The van der Waals surface area contributed by atoms with Gasteiger partial charge in [0, 0.05) is 24.7 Å². The van der Waals surface area contributed by atoms with Crippen molar-refractivity contribution in [3.8, 4) is 5.75 Å². The molecule has 1 saturated heterocycles. The summed E-state index contributed by atoms with van der Waals surface area (Å²) in [4.78, 5) is 4.78. The number of fused-ring (bicyclic) bond motifs is 1. The van der Waals surface area contributed by atoms with Gasteiger partial charge in [0.15, 0.2) is 0 Å². The van der Waals surface area contributed by atoms with E-state index in [1.54, 1.807) is 0 Å². The predicted octanol–water partition coefficient (Wildman–Crippen LogP) is 3.07. The Morgan fingerprint density at radius 1 is 1.19 bits per heavy atom. The Bertz CT molecular complexity index is 624. The minimum absolute atomic E-state index is 0.417. The van der Waals surface area contributed by atoms with Gasteiger partial charge in [0.2, 0.25) is 0 Å². The molecular formula is C18H24N2O. The number of aromatic hydroxyl groups is 1. The van der Waals surface area contributed by atoms with E-state index in [0.717, 1.165) is 25.2 Å². The van der Waals surface area contributed by atoms with Gasteiger partial charge in [-0.15, -0.1) is 0 Å². The highest BCUT2D eigenvalue weighted by atomic mass is 16.3. The molecule has 2 aromatic rings. The van der Waals surface area contributed by atoms with Crippen molar-refractivity contribution in [3.05, 3.63) is 42.0 Å². The Hall–Kier alpha value is -1.58. The number of hydrogen-bond donors (Lipinski definition) is 1. The van der Waals surface area contributed by atoms with Crippen LogP contribution in [-0.2, 0) is 6.54 Å². The third-order valence-corrected chi connectivity index (χ3v) is 4.61. The first-order chi connectivity index (χ1) is 10.1. The summed E-state index contributed by atoms with van der Waals surface area (Å²) < 4.78 is 0. The highest BCUT2D eigenvalue weighted by Crippen LogP contribution is 2.29. The Kier molecular flexibility index (Phi) is 4.13. The highest BCUT2D eigenvalue weighted by molar-refractivity contribution is 5.87. The summed E-state index contributed by atoms with van der Waals surface area (Å²) in [5.74, 6) is 0.417. The lowest BCUT2D eigenvalue weighted by Gasteiger charge is -2.36. The largest absolute Gasteiger partial charge is 0.508 e. The maximum absolute atomic E-state index is 10.3. The summed E-state index contributed by atoms with van der Waals surface area (Å²) >= 11 is 0. The molecule has 1 heterocycles. The molecule has 1 fully saturated rings. The molecule has 0 aliphatic carbocycles. The monoisotopic (exact) mass is 284 g/mol. The molecule has 1 atom stereocenters. The summed E-state index contributed by atoms with van der Waals surface area (Å²) in [5, 5.41) is 12.6. The van der Waals surface area contributed by atoms with Gasteiger partial charge in [0.1, 0.15) is 5.75 Å². The fourth-order valence-corrected chi connectivity index (χ4v) is 3.31. The smallest absolute Gasteiger partial charge is 0.120 e. The van der Waals surface area contributed by atoms with Gasteiger partial charge in [-0.1, -0.05) is 30.3 Å². The average molecular weight is 284 g/mol. The summed E-state index contributed by atoms with van der Waals surface area (Å²) in [6.45, 7) is 3.03. The van der Waals surface area contributed by atoms with E-state index in [1.165, 1.54) is 23.6 Å². The molecule has 0 amide bonds. The molecule has 1 N–H and O–H groups in total. The molecule has 2 aromatic carbocycles. The van der Waals surface area contributed by atoms with Crippen LogP contribution in [0.1, 0.15) is 18.4 Å². The van der Waals surface area contributed by atoms with Crippen molar-refractivity contribution in [2.24, 2.45) is 0 Å². The first-order valence-corrected chi connectivity index (χ1v) is 7.73. The van der Waals surface area contributed by atoms with Crippen LogP contribution < -0.4 is 0 Å². The Morgan fingerprint density at radius 3 is 2.81 bits per heavy atom. The van der Waals surface area contributed by atoms with Crippen LogP contribution in [0.15, 0.2) is 36.4 Å². The lowest BCUT2D eigenvalue weighted by Crippen LogP contribution is -2.44. The minimum atomic E-state index is 0.417. The van der Waals surface area contributed by atoms with Crippen molar-refractivity contribution in [2.75, 3.05) is 27.2 Å². The van der Waals surface area contributed by atoms with Crippen LogP contribution in [0.2, 0.25) is 0 Å². The van der Waals surface area contributed by atoms with E-state index in [0.29, 0.717) is 11.8 Å². The summed E-state index contributed by atoms with van der Waals surface area (Å²) in [5.41, 5.74) is 1.06. The maximum atomic E-state index is 10.3. The second kappa shape index (κ2) is 6.04. The fraction of sp³-hybridized carbons (Fsp3) is 0.444. The van der Waals surface area contributed by atoms with Crippen LogP contribution in [-0.4, -0.2) is 48.1 Å². The number of likely N-dealkylation sites (N-methyl/N-ethyl adjacent to an activating group) is 1. The number of likely N-dealkylation sites (tertiary alicyclic amines) is 1. The number of hydrogen-bond acceptors (Lipinski definition) is 3. The molecule has 3 nitrogen and oxygen atoms in total. The first kappa shape index (κ1) is 14.4. The predicted molar refractivity (Wildman–Crippen MR) is 87.6 cm³/mol. The number of rotatable bonds is 3. The molecule has 1 unspecified atom stereocenters. The van der Waals surface area contributed by atoms with Gasteiger partial charge in [-0.3, -0.25) is 4.90 Å². The van der Waals surface area contributed by atoms with Gasteiger partial charge in [0.25, 0.3) is 0 Å². The Morgan fingerprint density at radius 2 is 2.00 bits per heavy atom. The molecule has 0 radical (unpaired) electrons. The molecule has 1 aliphatic heterocycles. The quantitative estimate of drug-likeness (QED) is 0.938. The van der Waals surface area contributed by atoms with E-state index in [-0.39, 0.29) is 0 Å². The van der Waals surface area contributed by atoms with E-state index in [2.05, 4.69) is 36.0 Å². The van der Waals surface area contributed by atoms with Gasteiger partial charge in [-0.2, -0.15) is 0 Å². The average Bonchev–Trinajstić information content (AvgIpc) is 2.50. The van der Waals surface area contributed by atoms with Crippen LogP contribution >= 0.6 is 0 Å². The van der Waals surface area contributed by atoms with Gasteiger partial charge >= 0.3 is 0 Å². The van der Waals surface area contributed by atoms with E-state index in [4.69, 9.17) is 0 Å². The van der Waals surface area contributed by atoms with Gasteiger partial charge < -0.3 is 10.0 Å². The van der Waals surface area contributed by atoms with E-state index < -0.39 is 0 Å². The van der Waals surface area contributed by atoms with Gasteiger partial charge in [-0.05, 0) is 50.3 Å². The van der Waals surface area contributed by atoms with E-state index in [9.17, 15) is 5.11 Å². The molecule has 0 bridgehead atoms. The van der Waals surface area contributed by atoms with Gasteiger partial charge in [-0.25, -0.2) is 0 Å². The molecule has 112 valence electrons. The van der Waals surface area contributed by atoms with Crippen molar-refractivity contribution in [1.82, 2.24) is 9.80 Å². The van der Waals surface area contributed by atoms with Crippen molar-refractivity contribution in [1.29, 1.82) is 0 Å². The second-order valence-corrected chi connectivity index (χ2v) is 6.28.